The maximum Gasteiger partial charge on any atom is 0.306 e. The first kappa shape index (κ1) is 9.68. The zero-order valence-corrected chi connectivity index (χ0v) is 8.05. The number of aliphatic hydroxyl groups excluding tert-OH is 1. The molecule has 0 aliphatic carbocycles. The van der Waals surface area contributed by atoms with E-state index in [1.54, 1.807) is 6.92 Å². The number of carbonyl (C=O) groups excluding carboxylic acids is 1. The van der Waals surface area contributed by atoms with Crippen molar-refractivity contribution in [2.24, 2.45) is 0 Å². The molecule has 2 aliphatic rings. The molecule has 0 aromatic rings. The van der Waals surface area contributed by atoms with Crippen molar-refractivity contribution in [2.45, 2.75) is 44.2 Å². The van der Waals surface area contributed by atoms with E-state index in [9.17, 15) is 9.90 Å². The summed E-state index contributed by atoms with van der Waals surface area (Å²) < 4.78 is 10.6. The predicted octanol–water partition coefficient (Wildman–Crippen LogP) is 0.396. The molecule has 0 saturated carbocycles. The Morgan fingerprint density at radius 3 is 2.86 bits per heavy atom. The zero-order valence-electron chi connectivity index (χ0n) is 8.05. The van der Waals surface area contributed by atoms with Gasteiger partial charge in [-0.15, -0.1) is 0 Å². The Labute approximate surface area is 82.5 Å². The lowest BCUT2D eigenvalue weighted by molar-refractivity contribution is -0.146. The first-order valence-corrected chi connectivity index (χ1v) is 4.88. The van der Waals surface area contributed by atoms with Gasteiger partial charge in [0.05, 0.1) is 6.10 Å². The summed E-state index contributed by atoms with van der Waals surface area (Å²) in [7, 11) is 0. The molecule has 14 heavy (non-hydrogen) atoms. The van der Waals surface area contributed by atoms with Gasteiger partial charge in [-0.2, -0.15) is 0 Å². The monoisotopic (exact) mass is 198 g/mol. The Balaban J connectivity index is 1.90. The summed E-state index contributed by atoms with van der Waals surface area (Å²) in [6, 6.07) is 0. The third-order valence-corrected chi connectivity index (χ3v) is 2.56. The minimum absolute atomic E-state index is 0.160. The van der Waals surface area contributed by atoms with Crippen LogP contribution in [0.5, 0.6) is 0 Å². The Bertz CT molecular complexity index is 259. The van der Waals surface area contributed by atoms with Crippen LogP contribution < -0.4 is 0 Å². The largest absolute Gasteiger partial charge is 0.459 e. The van der Waals surface area contributed by atoms with Crippen molar-refractivity contribution in [3.05, 3.63) is 12.2 Å². The Morgan fingerprint density at radius 1 is 1.57 bits per heavy atom. The minimum Gasteiger partial charge on any atom is -0.459 e. The molecule has 1 fully saturated rings. The summed E-state index contributed by atoms with van der Waals surface area (Å²) >= 11 is 0. The molecule has 2 rings (SSSR count). The first-order chi connectivity index (χ1) is 6.66. The third-order valence-electron chi connectivity index (χ3n) is 2.56. The predicted molar refractivity (Wildman–Crippen MR) is 48.6 cm³/mol. The van der Waals surface area contributed by atoms with Crippen LogP contribution in [-0.4, -0.2) is 35.5 Å². The molecule has 78 valence electrons. The van der Waals surface area contributed by atoms with Crippen LogP contribution in [0, 0.1) is 0 Å². The van der Waals surface area contributed by atoms with Crippen LogP contribution in [0.2, 0.25) is 0 Å². The molecule has 2 aliphatic heterocycles. The SMILES string of the molecule is C[C@H](O)[C@@H]1C=CC(C2CCC(=O)O2)O1. The lowest BCUT2D eigenvalue weighted by Crippen LogP contribution is -2.30. The van der Waals surface area contributed by atoms with Crippen LogP contribution in [0.15, 0.2) is 12.2 Å². The van der Waals surface area contributed by atoms with Gasteiger partial charge >= 0.3 is 5.97 Å². The van der Waals surface area contributed by atoms with Crippen molar-refractivity contribution < 1.29 is 19.4 Å². The topological polar surface area (TPSA) is 55.8 Å². The molecule has 0 amide bonds. The molecule has 1 saturated heterocycles. The Kier molecular flexibility index (Phi) is 2.56. The van der Waals surface area contributed by atoms with Crippen molar-refractivity contribution in [2.75, 3.05) is 0 Å². The maximum atomic E-state index is 10.9. The molecule has 1 N–H and O–H groups in total. The number of ether oxygens (including phenoxy) is 2. The number of aliphatic hydroxyl groups is 1. The molecular weight excluding hydrogens is 184 g/mol. The zero-order chi connectivity index (χ0) is 10.1. The molecule has 0 radical (unpaired) electrons. The average Bonchev–Trinajstić information content (AvgIpc) is 2.70. The standard InChI is InChI=1S/C10H14O4/c1-6(11)7-2-3-8(13-7)9-4-5-10(12)14-9/h2-3,6-9,11H,4-5H2,1H3/t6-,7-,8?,9?/m0/s1. The molecule has 0 aromatic heterocycles. The van der Waals surface area contributed by atoms with Gasteiger partial charge in [-0.05, 0) is 13.3 Å². The number of cyclic esters (lactones) is 1. The second-order valence-electron chi connectivity index (χ2n) is 3.76. The van der Waals surface area contributed by atoms with Gasteiger partial charge in [0.15, 0.2) is 0 Å². The number of rotatable bonds is 2. The molecule has 0 spiro atoms. The van der Waals surface area contributed by atoms with Crippen molar-refractivity contribution in [3.8, 4) is 0 Å². The van der Waals surface area contributed by atoms with E-state index < -0.39 is 6.10 Å². The fourth-order valence-electron chi connectivity index (χ4n) is 1.76. The van der Waals surface area contributed by atoms with Crippen molar-refractivity contribution in [1.82, 2.24) is 0 Å². The molecule has 0 bridgehead atoms. The van der Waals surface area contributed by atoms with E-state index in [1.807, 2.05) is 12.2 Å². The van der Waals surface area contributed by atoms with E-state index in [0.29, 0.717) is 12.8 Å². The molecule has 4 nitrogen and oxygen atoms in total. The summed E-state index contributed by atoms with van der Waals surface area (Å²) in [4.78, 5) is 10.9. The Hall–Kier alpha value is -0.870. The normalized spacial score (nSPS) is 38.7. The fourth-order valence-corrected chi connectivity index (χ4v) is 1.76. The van der Waals surface area contributed by atoms with E-state index in [-0.39, 0.29) is 24.3 Å². The summed E-state index contributed by atoms with van der Waals surface area (Å²) in [6.45, 7) is 1.68. The highest BCUT2D eigenvalue weighted by atomic mass is 16.6. The number of carbonyl (C=O) groups is 1. The molecule has 2 unspecified atom stereocenters. The quantitative estimate of drug-likeness (QED) is 0.515. The van der Waals surface area contributed by atoms with Gasteiger partial charge in [0, 0.05) is 6.42 Å². The molecular formula is C10H14O4. The number of hydrogen-bond acceptors (Lipinski definition) is 4. The van der Waals surface area contributed by atoms with Gasteiger partial charge in [-0.3, -0.25) is 4.79 Å². The van der Waals surface area contributed by atoms with Crippen LogP contribution in [0.1, 0.15) is 19.8 Å². The van der Waals surface area contributed by atoms with Gasteiger partial charge in [0.25, 0.3) is 0 Å². The number of esters is 1. The highest BCUT2D eigenvalue weighted by molar-refractivity contribution is 5.71. The maximum absolute atomic E-state index is 10.9. The second kappa shape index (κ2) is 3.71. The average molecular weight is 198 g/mol. The van der Waals surface area contributed by atoms with Crippen LogP contribution >= 0.6 is 0 Å². The highest BCUT2D eigenvalue weighted by Gasteiger charge is 2.35. The first-order valence-electron chi connectivity index (χ1n) is 4.88. The summed E-state index contributed by atoms with van der Waals surface area (Å²) in [6.07, 6.45) is 3.73. The van der Waals surface area contributed by atoms with Gasteiger partial charge in [-0.1, -0.05) is 12.2 Å². The molecule has 4 atom stereocenters. The highest BCUT2D eigenvalue weighted by Crippen LogP contribution is 2.25. The summed E-state index contributed by atoms with van der Waals surface area (Å²) in [5, 5.41) is 9.28. The summed E-state index contributed by atoms with van der Waals surface area (Å²) in [5.74, 6) is -0.160. The van der Waals surface area contributed by atoms with E-state index in [4.69, 9.17) is 9.47 Å². The van der Waals surface area contributed by atoms with Gasteiger partial charge in [0.2, 0.25) is 0 Å². The lowest BCUT2D eigenvalue weighted by Gasteiger charge is -2.19. The van der Waals surface area contributed by atoms with Crippen LogP contribution in [0.4, 0.5) is 0 Å². The molecule has 4 heteroatoms. The van der Waals surface area contributed by atoms with Gasteiger partial charge < -0.3 is 14.6 Å². The Morgan fingerprint density at radius 2 is 2.36 bits per heavy atom. The molecule has 0 aromatic carbocycles. The van der Waals surface area contributed by atoms with Gasteiger partial charge in [0.1, 0.15) is 18.3 Å². The van der Waals surface area contributed by atoms with E-state index in [0.717, 1.165) is 0 Å². The van der Waals surface area contributed by atoms with E-state index in [1.165, 1.54) is 0 Å². The van der Waals surface area contributed by atoms with Crippen molar-refractivity contribution in [1.29, 1.82) is 0 Å². The van der Waals surface area contributed by atoms with Crippen LogP contribution in [0.25, 0.3) is 0 Å². The molecule has 2 heterocycles. The van der Waals surface area contributed by atoms with Crippen LogP contribution in [-0.2, 0) is 14.3 Å². The summed E-state index contributed by atoms with van der Waals surface area (Å²) in [5.41, 5.74) is 0. The van der Waals surface area contributed by atoms with Gasteiger partial charge in [-0.25, -0.2) is 0 Å². The van der Waals surface area contributed by atoms with Crippen molar-refractivity contribution in [3.63, 3.8) is 0 Å². The lowest BCUT2D eigenvalue weighted by atomic mass is 10.1. The third kappa shape index (κ3) is 1.81. The fraction of sp³-hybridized carbons (Fsp3) is 0.700. The van der Waals surface area contributed by atoms with E-state index >= 15 is 0 Å². The smallest absolute Gasteiger partial charge is 0.306 e. The van der Waals surface area contributed by atoms with E-state index in [2.05, 4.69) is 0 Å². The van der Waals surface area contributed by atoms with Crippen molar-refractivity contribution >= 4 is 5.97 Å². The second-order valence-corrected chi connectivity index (χ2v) is 3.76. The van der Waals surface area contributed by atoms with Crippen LogP contribution in [0.3, 0.4) is 0 Å². The minimum atomic E-state index is -0.520. The number of hydrogen-bond donors (Lipinski definition) is 1.